The number of para-hydroxylation sites is 1. The number of hydrogen-bond acceptors (Lipinski definition) is 2. The van der Waals surface area contributed by atoms with E-state index in [1.807, 2.05) is 12.1 Å². The zero-order chi connectivity index (χ0) is 17.5. The van der Waals surface area contributed by atoms with Crippen molar-refractivity contribution in [1.29, 1.82) is 0 Å². The van der Waals surface area contributed by atoms with E-state index in [-0.39, 0.29) is 17.3 Å². The van der Waals surface area contributed by atoms with Crippen LogP contribution in [0.3, 0.4) is 0 Å². The van der Waals surface area contributed by atoms with Crippen molar-refractivity contribution in [3.8, 4) is 5.75 Å². The van der Waals surface area contributed by atoms with Gasteiger partial charge in [0, 0.05) is 6.42 Å². The monoisotopic (exact) mass is 320 g/mol. The number of carbonyl (C=O) groups is 1. The maximum Gasteiger partial charge on any atom is 0.303 e. The normalized spacial score (nSPS) is 12.2. The molecule has 0 radical (unpaired) electrons. The van der Waals surface area contributed by atoms with Crippen LogP contribution >= 0.6 is 0 Å². The Morgan fingerprint density at radius 1 is 1.04 bits per heavy atom. The van der Waals surface area contributed by atoms with Gasteiger partial charge in [-0.15, -0.1) is 0 Å². The fourth-order valence-corrected chi connectivity index (χ4v) is 3.31. The van der Waals surface area contributed by atoms with E-state index in [1.165, 1.54) is 5.56 Å². The van der Waals surface area contributed by atoms with Crippen molar-refractivity contribution >= 4 is 5.97 Å². The van der Waals surface area contributed by atoms with Crippen LogP contribution in [0.5, 0.6) is 5.75 Å². The SMILES string of the molecule is CC(C)(C)CC(C)(C)c1ccccc1OCCCCCC(=O)O. The summed E-state index contributed by atoms with van der Waals surface area (Å²) in [6.07, 6.45) is 3.82. The average Bonchev–Trinajstić information content (AvgIpc) is 2.40. The molecule has 1 rings (SSSR count). The Kier molecular flexibility index (Phi) is 7.11. The van der Waals surface area contributed by atoms with Crippen molar-refractivity contribution in [3.63, 3.8) is 0 Å². The lowest BCUT2D eigenvalue weighted by atomic mass is 9.72. The summed E-state index contributed by atoms with van der Waals surface area (Å²) >= 11 is 0. The summed E-state index contributed by atoms with van der Waals surface area (Å²) in [5.74, 6) is 0.236. The van der Waals surface area contributed by atoms with Crippen LogP contribution in [0.1, 0.15) is 72.3 Å². The molecule has 0 bridgehead atoms. The van der Waals surface area contributed by atoms with Gasteiger partial charge in [0.15, 0.2) is 0 Å². The standard InChI is InChI=1S/C20H32O3/c1-19(2,3)15-20(4,5)16-11-8-9-12-17(16)23-14-10-6-7-13-18(21)22/h8-9,11-12H,6-7,10,13-15H2,1-5H3,(H,21,22). The van der Waals surface area contributed by atoms with Crippen molar-refractivity contribution in [1.82, 2.24) is 0 Å². The molecule has 1 N–H and O–H groups in total. The molecular weight excluding hydrogens is 288 g/mol. The van der Waals surface area contributed by atoms with E-state index in [2.05, 4.69) is 46.8 Å². The van der Waals surface area contributed by atoms with Crippen molar-refractivity contribution in [3.05, 3.63) is 29.8 Å². The zero-order valence-electron chi connectivity index (χ0n) is 15.3. The molecule has 0 aliphatic heterocycles. The number of unbranched alkanes of at least 4 members (excludes halogenated alkanes) is 2. The summed E-state index contributed by atoms with van der Waals surface area (Å²) < 4.78 is 6.00. The molecule has 3 nitrogen and oxygen atoms in total. The quantitative estimate of drug-likeness (QED) is 0.618. The summed E-state index contributed by atoms with van der Waals surface area (Å²) in [7, 11) is 0. The van der Waals surface area contributed by atoms with E-state index in [1.54, 1.807) is 0 Å². The van der Waals surface area contributed by atoms with Gasteiger partial charge in [0.1, 0.15) is 5.75 Å². The molecule has 1 aromatic carbocycles. The Morgan fingerprint density at radius 2 is 1.70 bits per heavy atom. The number of aliphatic carboxylic acids is 1. The van der Waals surface area contributed by atoms with Gasteiger partial charge in [0.2, 0.25) is 0 Å². The maximum atomic E-state index is 10.5. The molecule has 0 saturated heterocycles. The minimum Gasteiger partial charge on any atom is -0.493 e. The molecule has 0 heterocycles. The number of carboxylic acids is 1. The molecule has 0 unspecified atom stereocenters. The van der Waals surface area contributed by atoms with Gasteiger partial charge in [-0.05, 0) is 48.1 Å². The van der Waals surface area contributed by atoms with E-state index < -0.39 is 5.97 Å². The Balaban J connectivity index is 2.62. The second-order valence-corrected chi connectivity index (χ2v) is 8.17. The molecule has 0 aliphatic rings. The smallest absolute Gasteiger partial charge is 0.303 e. The lowest BCUT2D eigenvalue weighted by molar-refractivity contribution is -0.137. The number of rotatable bonds is 9. The van der Waals surface area contributed by atoms with Crippen LogP contribution in [-0.4, -0.2) is 17.7 Å². The Labute approximate surface area is 141 Å². The molecule has 0 aromatic heterocycles. The van der Waals surface area contributed by atoms with Gasteiger partial charge in [-0.1, -0.05) is 52.8 Å². The number of carboxylic acid groups (broad SMARTS) is 1. The summed E-state index contributed by atoms with van der Waals surface area (Å²) in [5.41, 5.74) is 1.56. The van der Waals surface area contributed by atoms with E-state index in [9.17, 15) is 4.79 Å². The summed E-state index contributed by atoms with van der Waals surface area (Å²) in [6, 6.07) is 8.28. The van der Waals surface area contributed by atoms with Gasteiger partial charge in [-0.2, -0.15) is 0 Å². The van der Waals surface area contributed by atoms with E-state index in [4.69, 9.17) is 9.84 Å². The molecule has 0 fully saturated rings. The zero-order valence-corrected chi connectivity index (χ0v) is 15.3. The lowest BCUT2D eigenvalue weighted by Crippen LogP contribution is -2.25. The summed E-state index contributed by atoms with van der Waals surface area (Å²) in [4.78, 5) is 10.5. The van der Waals surface area contributed by atoms with Gasteiger partial charge in [-0.25, -0.2) is 0 Å². The third kappa shape index (κ3) is 7.54. The highest BCUT2D eigenvalue weighted by atomic mass is 16.5. The molecular formula is C20H32O3. The molecule has 23 heavy (non-hydrogen) atoms. The second kappa shape index (κ2) is 8.37. The molecule has 1 aromatic rings. The number of hydrogen-bond donors (Lipinski definition) is 1. The van der Waals surface area contributed by atoms with Crippen LogP contribution < -0.4 is 4.74 Å². The Bertz CT molecular complexity index is 498. The van der Waals surface area contributed by atoms with Gasteiger partial charge in [-0.3, -0.25) is 4.79 Å². The molecule has 3 heteroatoms. The van der Waals surface area contributed by atoms with Gasteiger partial charge < -0.3 is 9.84 Å². The Morgan fingerprint density at radius 3 is 2.30 bits per heavy atom. The maximum absolute atomic E-state index is 10.5. The fraction of sp³-hybridized carbons (Fsp3) is 0.650. The van der Waals surface area contributed by atoms with Gasteiger partial charge in [0.25, 0.3) is 0 Å². The highest BCUT2D eigenvalue weighted by Crippen LogP contribution is 2.40. The molecule has 0 aliphatic carbocycles. The fourth-order valence-electron chi connectivity index (χ4n) is 3.31. The second-order valence-electron chi connectivity index (χ2n) is 8.17. The van der Waals surface area contributed by atoms with Gasteiger partial charge >= 0.3 is 5.97 Å². The first-order valence-corrected chi connectivity index (χ1v) is 8.56. The first-order valence-electron chi connectivity index (χ1n) is 8.56. The van der Waals surface area contributed by atoms with Crippen molar-refractivity contribution in [2.45, 2.75) is 72.1 Å². The highest BCUT2D eigenvalue weighted by molar-refractivity contribution is 5.66. The highest BCUT2D eigenvalue weighted by Gasteiger charge is 2.29. The largest absolute Gasteiger partial charge is 0.493 e. The van der Waals surface area contributed by atoms with Crippen molar-refractivity contribution in [2.24, 2.45) is 5.41 Å². The van der Waals surface area contributed by atoms with Crippen LogP contribution in [0, 0.1) is 5.41 Å². The third-order valence-electron chi connectivity index (χ3n) is 3.88. The predicted octanol–water partition coefficient (Wildman–Crippen LogP) is 5.42. The average molecular weight is 320 g/mol. The van der Waals surface area contributed by atoms with Crippen LogP contribution in [0.4, 0.5) is 0 Å². The molecule has 0 amide bonds. The Hall–Kier alpha value is -1.51. The van der Waals surface area contributed by atoms with Crippen LogP contribution in [-0.2, 0) is 10.2 Å². The lowest BCUT2D eigenvalue weighted by Gasteiger charge is -2.34. The van der Waals surface area contributed by atoms with E-state index in [0.717, 1.165) is 31.4 Å². The first-order chi connectivity index (χ1) is 10.6. The van der Waals surface area contributed by atoms with Crippen LogP contribution in [0.15, 0.2) is 24.3 Å². The first kappa shape index (κ1) is 19.5. The number of benzene rings is 1. The summed E-state index contributed by atoms with van der Waals surface area (Å²) in [6.45, 7) is 12.0. The topological polar surface area (TPSA) is 46.5 Å². The number of ether oxygens (including phenoxy) is 1. The molecule has 0 atom stereocenters. The van der Waals surface area contributed by atoms with Crippen LogP contribution in [0.25, 0.3) is 0 Å². The predicted molar refractivity (Wildman–Crippen MR) is 95.1 cm³/mol. The van der Waals surface area contributed by atoms with E-state index >= 15 is 0 Å². The van der Waals surface area contributed by atoms with Gasteiger partial charge in [0.05, 0.1) is 6.61 Å². The molecule has 130 valence electrons. The minimum absolute atomic E-state index is 0.0537. The molecule has 0 saturated carbocycles. The van der Waals surface area contributed by atoms with Crippen molar-refractivity contribution in [2.75, 3.05) is 6.61 Å². The van der Waals surface area contributed by atoms with Crippen molar-refractivity contribution < 1.29 is 14.6 Å². The van der Waals surface area contributed by atoms with Crippen LogP contribution in [0.2, 0.25) is 0 Å². The molecule has 0 spiro atoms. The minimum atomic E-state index is -0.722. The third-order valence-corrected chi connectivity index (χ3v) is 3.88. The summed E-state index contributed by atoms with van der Waals surface area (Å²) in [5, 5.41) is 8.64. The van der Waals surface area contributed by atoms with E-state index in [0.29, 0.717) is 6.61 Å².